The van der Waals surface area contributed by atoms with E-state index in [2.05, 4.69) is 10.3 Å². The molecule has 0 bridgehead atoms. The Bertz CT molecular complexity index is 751. The summed E-state index contributed by atoms with van der Waals surface area (Å²) >= 11 is 0. The quantitative estimate of drug-likeness (QED) is 0.895. The predicted molar refractivity (Wildman–Crippen MR) is 73.2 cm³/mol. The Labute approximate surface area is 128 Å². The van der Waals surface area contributed by atoms with Crippen molar-refractivity contribution in [3.05, 3.63) is 30.2 Å². The van der Waals surface area contributed by atoms with E-state index in [-0.39, 0.29) is 5.69 Å². The van der Waals surface area contributed by atoms with E-state index in [1.54, 1.807) is 18.3 Å². The smallest absolute Gasteiger partial charge is 0.417 e. The molecule has 2 heterocycles. The lowest BCUT2D eigenvalue weighted by Gasteiger charge is -2.44. The number of rotatable bonds is 3. The number of aliphatic hydroxyl groups is 1. The van der Waals surface area contributed by atoms with Crippen LogP contribution in [-0.4, -0.2) is 45.3 Å². The Morgan fingerprint density at radius 3 is 2.83 bits per heavy atom. The van der Waals surface area contributed by atoms with E-state index < -0.39 is 36.6 Å². The van der Waals surface area contributed by atoms with Gasteiger partial charge in [-0.15, -0.1) is 0 Å². The van der Waals surface area contributed by atoms with Crippen LogP contribution in [0.15, 0.2) is 24.5 Å². The molecule has 9 heteroatoms. The molecule has 0 saturated heterocycles. The Morgan fingerprint density at radius 2 is 2.22 bits per heavy atom. The van der Waals surface area contributed by atoms with E-state index in [9.17, 15) is 23.1 Å². The van der Waals surface area contributed by atoms with E-state index in [4.69, 9.17) is 4.74 Å². The fourth-order valence-corrected chi connectivity index (χ4v) is 2.61. The molecule has 1 aliphatic rings. The first-order chi connectivity index (χ1) is 10.7. The summed E-state index contributed by atoms with van der Waals surface area (Å²) in [6.07, 6.45) is -2.87. The maximum absolute atomic E-state index is 12.6. The number of ether oxygens (including phenoxy) is 1. The molecule has 0 radical (unpaired) electrons. The number of hydrogen-bond acceptors (Lipinski definition) is 4. The highest BCUT2D eigenvalue weighted by Gasteiger charge is 2.61. The lowest BCUT2D eigenvalue weighted by atomic mass is 9.75. The zero-order valence-corrected chi connectivity index (χ0v) is 12.1. The second-order valence-corrected chi connectivity index (χ2v) is 5.55. The van der Waals surface area contributed by atoms with Crippen LogP contribution in [0.4, 0.5) is 13.2 Å². The molecule has 3 rings (SSSR count). The number of aromatic nitrogens is 2. The third-order valence-electron chi connectivity index (χ3n) is 3.98. The number of pyridine rings is 1. The van der Waals surface area contributed by atoms with Gasteiger partial charge in [-0.1, -0.05) is 0 Å². The summed E-state index contributed by atoms with van der Waals surface area (Å²) in [5.74, 6) is 0.0289. The van der Waals surface area contributed by atoms with Crippen molar-refractivity contribution in [1.82, 2.24) is 14.7 Å². The molecule has 1 aliphatic carbocycles. The summed E-state index contributed by atoms with van der Waals surface area (Å²) < 4.78 is 44.2. The number of halogens is 3. The number of nitrogens with zero attached hydrogens (tertiary/aromatic N) is 2. The summed E-state index contributed by atoms with van der Waals surface area (Å²) in [4.78, 5) is 16.2. The van der Waals surface area contributed by atoms with Gasteiger partial charge in [0.15, 0.2) is 5.60 Å². The number of carbonyl (C=O) groups excluding carboxylic acids is 1. The summed E-state index contributed by atoms with van der Waals surface area (Å²) in [6.45, 7) is 0. The highest BCUT2D eigenvalue weighted by Crippen LogP contribution is 2.45. The normalized spacial score (nSPS) is 24.3. The number of hydrogen-bond donors (Lipinski definition) is 2. The number of fused-ring (bicyclic) bond motifs is 1. The van der Waals surface area contributed by atoms with Crippen LogP contribution in [0.2, 0.25) is 0 Å². The van der Waals surface area contributed by atoms with Gasteiger partial charge >= 0.3 is 6.18 Å². The number of imidazole rings is 1. The van der Waals surface area contributed by atoms with Gasteiger partial charge in [-0.25, -0.2) is 4.98 Å². The van der Waals surface area contributed by atoms with E-state index >= 15 is 0 Å². The number of alkyl halides is 3. The van der Waals surface area contributed by atoms with Crippen molar-refractivity contribution in [2.75, 3.05) is 7.11 Å². The van der Waals surface area contributed by atoms with Crippen LogP contribution >= 0.6 is 0 Å². The van der Waals surface area contributed by atoms with Crippen LogP contribution in [0, 0.1) is 0 Å². The molecular formula is C14H14F3N3O3. The molecule has 2 aromatic rings. The summed E-state index contributed by atoms with van der Waals surface area (Å²) in [6, 6.07) is 2.54. The molecule has 1 saturated carbocycles. The summed E-state index contributed by atoms with van der Waals surface area (Å²) in [5.41, 5.74) is -2.03. The van der Waals surface area contributed by atoms with Crippen molar-refractivity contribution in [3.63, 3.8) is 0 Å². The standard InChI is InChI=1S/C14H14F3N3O3/c1-23-9-2-3-20-10(7-18-11(20)4-9)12(21)19-8-5-13(22,6-8)14(15,16)17/h2-4,7-8,22H,5-6H2,1H3,(H,19,21). The third kappa shape index (κ3) is 2.61. The van der Waals surface area contributed by atoms with Crippen molar-refractivity contribution < 1.29 is 27.8 Å². The van der Waals surface area contributed by atoms with Crippen LogP contribution in [0.1, 0.15) is 23.3 Å². The number of carbonyl (C=O) groups is 1. The molecule has 0 unspecified atom stereocenters. The summed E-state index contributed by atoms with van der Waals surface area (Å²) in [5, 5.41) is 11.9. The van der Waals surface area contributed by atoms with Gasteiger partial charge in [0.05, 0.1) is 13.3 Å². The highest BCUT2D eigenvalue weighted by atomic mass is 19.4. The maximum atomic E-state index is 12.6. The topological polar surface area (TPSA) is 75.9 Å². The van der Waals surface area contributed by atoms with Gasteiger partial charge in [0.25, 0.3) is 5.91 Å². The number of amides is 1. The van der Waals surface area contributed by atoms with Crippen LogP contribution in [-0.2, 0) is 0 Å². The van der Waals surface area contributed by atoms with E-state index in [1.807, 2.05) is 0 Å². The molecule has 23 heavy (non-hydrogen) atoms. The number of nitrogens with one attached hydrogen (secondary N) is 1. The first kappa shape index (κ1) is 15.6. The first-order valence-corrected chi connectivity index (χ1v) is 6.84. The molecule has 1 fully saturated rings. The van der Waals surface area contributed by atoms with Crippen molar-refractivity contribution in [2.45, 2.75) is 30.7 Å². The van der Waals surface area contributed by atoms with Crippen LogP contribution in [0.5, 0.6) is 5.75 Å². The molecule has 1 amide bonds. The lowest BCUT2D eigenvalue weighted by Crippen LogP contribution is -2.62. The zero-order chi connectivity index (χ0) is 16.8. The minimum atomic E-state index is -4.69. The molecule has 2 N–H and O–H groups in total. The fourth-order valence-electron chi connectivity index (χ4n) is 2.61. The zero-order valence-electron chi connectivity index (χ0n) is 12.1. The van der Waals surface area contributed by atoms with Gasteiger partial charge in [0, 0.05) is 31.1 Å². The minimum absolute atomic E-state index is 0.199. The third-order valence-corrected chi connectivity index (χ3v) is 3.98. The van der Waals surface area contributed by atoms with Crippen molar-refractivity contribution >= 4 is 11.6 Å². The molecule has 0 atom stereocenters. The molecule has 0 aliphatic heterocycles. The summed E-state index contributed by atoms with van der Waals surface area (Å²) in [7, 11) is 1.50. The fraction of sp³-hybridized carbons (Fsp3) is 0.429. The minimum Gasteiger partial charge on any atom is -0.497 e. The van der Waals surface area contributed by atoms with Crippen molar-refractivity contribution in [2.24, 2.45) is 0 Å². The average molecular weight is 329 g/mol. The highest BCUT2D eigenvalue weighted by molar-refractivity contribution is 5.93. The van der Waals surface area contributed by atoms with Crippen molar-refractivity contribution in [1.29, 1.82) is 0 Å². The predicted octanol–water partition coefficient (Wildman–Crippen LogP) is 1.53. The molecular weight excluding hydrogens is 315 g/mol. The molecule has 124 valence electrons. The maximum Gasteiger partial charge on any atom is 0.417 e. The first-order valence-electron chi connectivity index (χ1n) is 6.84. The van der Waals surface area contributed by atoms with Gasteiger partial charge < -0.3 is 15.2 Å². The SMILES string of the molecule is COc1ccn2c(C(=O)NC3CC(O)(C(F)(F)F)C3)cnc2c1. The van der Waals surface area contributed by atoms with Gasteiger partial charge in [-0.2, -0.15) is 13.2 Å². The molecule has 0 aromatic carbocycles. The lowest BCUT2D eigenvalue weighted by molar-refractivity contribution is -0.291. The van der Waals surface area contributed by atoms with Crippen LogP contribution in [0.3, 0.4) is 0 Å². The molecule has 0 spiro atoms. The van der Waals surface area contributed by atoms with Gasteiger partial charge in [0.2, 0.25) is 0 Å². The van der Waals surface area contributed by atoms with Gasteiger partial charge in [0.1, 0.15) is 17.1 Å². The molecule has 6 nitrogen and oxygen atoms in total. The average Bonchev–Trinajstić information content (AvgIpc) is 2.87. The molecule has 2 aromatic heterocycles. The van der Waals surface area contributed by atoms with Gasteiger partial charge in [-0.05, 0) is 6.07 Å². The Morgan fingerprint density at radius 1 is 1.52 bits per heavy atom. The number of methoxy groups -OCH3 is 1. The Balaban J connectivity index is 1.71. The Kier molecular flexibility index (Phi) is 3.47. The largest absolute Gasteiger partial charge is 0.497 e. The van der Waals surface area contributed by atoms with Crippen molar-refractivity contribution in [3.8, 4) is 5.75 Å². The van der Waals surface area contributed by atoms with E-state index in [0.717, 1.165) is 0 Å². The van der Waals surface area contributed by atoms with E-state index in [0.29, 0.717) is 11.4 Å². The Hall–Kier alpha value is -2.29. The second-order valence-electron chi connectivity index (χ2n) is 5.55. The van der Waals surface area contributed by atoms with Gasteiger partial charge in [-0.3, -0.25) is 9.20 Å². The van der Waals surface area contributed by atoms with E-state index in [1.165, 1.54) is 17.7 Å². The van der Waals surface area contributed by atoms with Crippen LogP contribution < -0.4 is 10.1 Å². The van der Waals surface area contributed by atoms with Crippen LogP contribution in [0.25, 0.3) is 5.65 Å². The monoisotopic (exact) mass is 329 g/mol. The second kappa shape index (κ2) is 5.12.